The van der Waals surface area contributed by atoms with Gasteiger partial charge in [-0.15, -0.1) is 0 Å². The van der Waals surface area contributed by atoms with E-state index in [1.54, 1.807) is 30.3 Å². The van der Waals surface area contributed by atoms with Crippen LogP contribution in [0.25, 0.3) is 0 Å². The molecule has 0 amide bonds. The molecule has 40 heavy (non-hydrogen) atoms. The van der Waals surface area contributed by atoms with Gasteiger partial charge >= 0.3 is 11.9 Å². The van der Waals surface area contributed by atoms with Crippen LogP contribution in [0.5, 0.6) is 11.5 Å². The molecule has 2 aromatic carbocycles. The Bertz CT molecular complexity index is 1180. The van der Waals surface area contributed by atoms with Gasteiger partial charge in [-0.05, 0) is 41.7 Å². The Kier molecular flexibility index (Phi) is 11.4. The number of nitriles is 1. The number of carboxylic acids is 1. The third-order valence-electron chi connectivity index (χ3n) is 8.28. The highest BCUT2D eigenvalue weighted by Crippen LogP contribution is 2.75. The zero-order chi connectivity index (χ0) is 29.0. The summed E-state index contributed by atoms with van der Waals surface area (Å²) in [6.07, 6.45) is 13.6. The first kappa shape index (κ1) is 30.9. The lowest BCUT2D eigenvalue weighted by Gasteiger charge is -2.22. The molecule has 0 saturated heterocycles. The maximum absolute atomic E-state index is 12.7. The molecule has 1 unspecified atom stereocenters. The summed E-state index contributed by atoms with van der Waals surface area (Å²) in [7, 11) is 0. The number of esters is 1. The van der Waals surface area contributed by atoms with Crippen molar-refractivity contribution in [1.29, 1.82) is 5.26 Å². The van der Waals surface area contributed by atoms with E-state index in [-0.39, 0.29) is 0 Å². The molecule has 0 radical (unpaired) electrons. The van der Waals surface area contributed by atoms with Crippen molar-refractivity contribution >= 4 is 11.9 Å². The van der Waals surface area contributed by atoms with Crippen molar-refractivity contribution in [2.75, 3.05) is 6.61 Å². The molecule has 6 heteroatoms. The molecular weight excluding hydrogens is 502 g/mol. The number of benzene rings is 2. The Labute approximate surface area is 239 Å². The van der Waals surface area contributed by atoms with E-state index in [1.807, 2.05) is 44.2 Å². The van der Waals surface area contributed by atoms with Gasteiger partial charge in [0.25, 0.3) is 0 Å². The number of rotatable bonds is 17. The quantitative estimate of drug-likeness (QED) is 0.122. The zero-order valence-corrected chi connectivity index (χ0v) is 24.1. The van der Waals surface area contributed by atoms with Gasteiger partial charge < -0.3 is 14.6 Å². The normalized spacial score (nSPS) is 20.0. The third-order valence-corrected chi connectivity index (χ3v) is 8.28. The molecule has 0 aliphatic heterocycles. The minimum atomic E-state index is -1.39. The fraction of sp³-hybridized carbons (Fsp3) is 0.500. The molecule has 6 nitrogen and oxygen atoms in total. The lowest BCUT2D eigenvalue weighted by Crippen LogP contribution is -2.28. The number of hydrogen-bond donors (Lipinski definition) is 1. The van der Waals surface area contributed by atoms with E-state index >= 15 is 0 Å². The highest BCUT2D eigenvalue weighted by Gasteiger charge is 2.78. The molecule has 3 atom stereocenters. The molecule has 0 spiro atoms. The lowest BCUT2D eigenvalue weighted by molar-refractivity contribution is -0.145. The fourth-order valence-electron chi connectivity index (χ4n) is 5.94. The predicted octanol–water partition coefficient (Wildman–Crippen LogP) is 8.44. The van der Waals surface area contributed by atoms with Gasteiger partial charge in [-0.1, -0.05) is 109 Å². The molecule has 1 aliphatic rings. The van der Waals surface area contributed by atoms with Gasteiger partial charge in [-0.3, -0.25) is 4.79 Å². The number of aliphatic carboxylic acids is 1. The number of carbonyl (C=O) groups excluding carboxylic acids is 1. The first-order valence-corrected chi connectivity index (χ1v) is 14.6. The molecule has 1 fully saturated rings. The number of nitrogens with zero attached hydrogens (tertiary/aromatic N) is 1. The summed E-state index contributed by atoms with van der Waals surface area (Å²) in [4.78, 5) is 25.1. The van der Waals surface area contributed by atoms with E-state index in [0.29, 0.717) is 23.7 Å². The monoisotopic (exact) mass is 545 g/mol. The van der Waals surface area contributed by atoms with Crippen molar-refractivity contribution < 1.29 is 24.2 Å². The van der Waals surface area contributed by atoms with Crippen LogP contribution in [-0.4, -0.2) is 23.7 Å². The Morgan fingerprint density at radius 2 is 1.57 bits per heavy atom. The summed E-state index contributed by atoms with van der Waals surface area (Å²) in [6.45, 7) is 6.24. The maximum atomic E-state index is 12.7. The van der Waals surface area contributed by atoms with Crippen molar-refractivity contribution in [3.8, 4) is 17.6 Å². The number of unbranched alkanes of at least 4 members (excludes halogenated alkanes) is 8. The van der Waals surface area contributed by atoms with Crippen LogP contribution in [0.4, 0.5) is 0 Å². The lowest BCUT2D eigenvalue weighted by atomic mass is 9.78. The second-order valence-electron chi connectivity index (χ2n) is 11.3. The van der Waals surface area contributed by atoms with Crippen molar-refractivity contribution in [1.82, 2.24) is 0 Å². The average Bonchev–Trinajstić information content (AvgIpc) is 3.44. The molecule has 2 aromatic rings. The molecule has 0 bridgehead atoms. The molecular formula is C34H43NO5. The average molecular weight is 546 g/mol. The van der Waals surface area contributed by atoms with E-state index in [2.05, 4.69) is 13.0 Å². The molecule has 214 valence electrons. The summed E-state index contributed by atoms with van der Waals surface area (Å²) < 4.78 is 11.3. The molecule has 0 heterocycles. The van der Waals surface area contributed by atoms with E-state index in [4.69, 9.17) is 9.47 Å². The predicted molar refractivity (Wildman–Crippen MR) is 156 cm³/mol. The van der Waals surface area contributed by atoms with E-state index < -0.39 is 34.6 Å². The van der Waals surface area contributed by atoms with Crippen LogP contribution < -0.4 is 4.74 Å². The summed E-state index contributed by atoms with van der Waals surface area (Å²) in [5.41, 5.74) is -1.57. The standard InChI is InChI=1S/C34H43NO5/c1-4-5-6-7-8-9-10-11-15-23-39-31(36)22-21-30-33(2,3)34(30,32(37)38)29(25-35)26-17-16-20-28(24-26)40-27-18-13-12-14-19-27/h12-14,16-22,24,29-30H,4-11,15,23H2,1-3H3,(H,37,38)/t29?,30-,34+/m0/s1. The van der Waals surface area contributed by atoms with Crippen LogP contribution in [0.15, 0.2) is 66.7 Å². The molecule has 1 N–H and O–H groups in total. The SMILES string of the molecule is CCCCCCCCCCCOC(=O)C=C[C@H]1C(C)(C)[C@]1(C(=O)O)C(C#N)c1cccc(Oc2ccccc2)c1. The van der Waals surface area contributed by atoms with Crippen LogP contribution in [0.3, 0.4) is 0 Å². The Hall–Kier alpha value is -3.59. The minimum absolute atomic E-state index is 0.353. The van der Waals surface area contributed by atoms with Crippen LogP contribution in [0.2, 0.25) is 0 Å². The number of hydrogen-bond acceptors (Lipinski definition) is 5. The molecule has 1 saturated carbocycles. The molecule has 0 aromatic heterocycles. The first-order chi connectivity index (χ1) is 19.3. The number of carbonyl (C=O) groups is 2. The van der Waals surface area contributed by atoms with E-state index in [0.717, 1.165) is 19.3 Å². The topological polar surface area (TPSA) is 96.6 Å². The summed E-state index contributed by atoms with van der Waals surface area (Å²) in [6, 6.07) is 18.5. The van der Waals surface area contributed by atoms with Gasteiger partial charge in [0.05, 0.1) is 18.6 Å². The Morgan fingerprint density at radius 1 is 0.950 bits per heavy atom. The van der Waals surface area contributed by atoms with Crippen LogP contribution >= 0.6 is 0 Å². The Morgan fingerprint density at radius 3 is 2.20 bits per heavy atom. The van der Waals surface area contributed by atoms with Crippen LogP contribution in [0.1, 0.15) is 90.0 Å². The van der Waals surface area contributed by atoms with Crippen LogP contribution in [-0.2, 0) is 14.3 Å². The summed E-state index contributed by atoms with van der Waals surface area (Å²) in [5, 5.41) is 20.6. The van der Waals surface area contributed by atoms with Crippen molar-refractivity contribution in [2.24, 2.45) is 16.7 Å². The van der Waals surface area contributed by atoms with Gasteiger partial charge in [0.15, 0.2) is 0 Å². The smallest absolute Gasteiger partial charge is 0.330 e. The van der Waals surface area contributed by atoms with Crippen molar-refractivity contribution in [3.05, 3.63) is 72.3 Å². The maximum Gasteiger partial charge on any atom is 0.330 e. The van der Waals surface area contributed by atoms with Gasteiger partial charge in [-0.25, -0.2) is 4.79 Å². The minimum Gasteiger partial charge on any atom is -0.481 e. The largest absolute Gasteiger partial charge is 0.481 e. The van der Waals surface area contributed by atoms with Crippen molar-refractivity contribution in [2.45, 2.75) is 84.5 Å². The van der Waals surface area contributed by atoms with Gasteiger partial charge in [0.2, 0.25) is 0 Å². The highest BCUT2D eigenvalue weighted by atomic mass is 16.5. The van der Waals surface area contributed by atoms with E-state index in [1.165, 1.54) is 44.6 Å². The number of allylic oxidation sites excluding steroid dienone is 1. The second-order valence-corrected chi connectivity index (χ2v) is 11.3. The second kappa shape index (κ2) is 14.7. The van der Waals surface area contributed by atoms with Gasteiger partial charge in [0, 0.05) is 12.0 Å². The number of ether oxygens (including phenoxy) is 2. The summed E-state index contributed by atoms with van der Waals surface area (Å²) in [5.74, 6) is -1.82. The van der Waals surface area contributed by atoms with Gasteiger partial charge in [-0.2, -0.15) is 5.26 Å². The molecule has 1 aliphatic carbocycles. The highest BCUT2D eigenvalue weighted by molar-refractivity contribution is 5.86. The van der Waals surface area contributed by atoms with E-state index in [9.17, 15) is 20.0 Å². The third kappa shape index (κ3) is 7.33. The Balaban J connectivity index is 1.59. The van der Waals surface area contributed by atoms with Gasteiger partial charge in [0.1, 0.15) is 16.9 Å². The van der Waals surface area contributed by atoms with Crippen LogP contribution in [0, 0.1) is 28.1 Å². The number of para-hydroxylation sites is 1. The fourth-order valence-corrected chi connectivity index (χ4v) is 5.94. The number of carboxylic acid groups (broad SMARTS) is 1. The van der Waals surface area contributed by atoms with Crippen molar-refractivity contribution in [3.63, 3.8) is 0 Å². The first-order valence-electron chi connectivity index (χ1n) is 14.6. The zero-order valence-electron chi connectivity index (χ0n) is 24.1. The summed E-state index contributed by atoms with van der Waals surface area (Å²) >= 11 is 0. The molecule has 3 rings (SSSR count).